The van der Waals surface area contributed by atoms with Gasteiger partial charge >= 0.3 is 0 Å². The Balaban J connectivity index is 1.42. The van der Waals surface area contributed by atoms with Crippen molar-refractivity contribution in [1.82, 2.24) is 20.4 Å². The van der Waals surface area contributed by atoms with Crippen LogP contribution in [0.2, 0.25) is 0 Å². The molecule has 7 nitrogen and oxygen atoms in total. The Labute approximate surface area is 155 Å². The van der Waals surface area contributed by atoms with Crippen LogP contribution in [0, 0.1) is 5.92 Å². The van der Waals surface area contributed by atoms with Gasteiger partial charge in [0.05, 0.1) is 13.1 Å². The molecular weight excluding hydrogens is 332 g/mol. The van der Waals surface area contributed by atoms with E-state index >= 15 is 0 Å². The highest BCUT2D eigenvalue weighted by atomic mass is 16.2. The average Bonchev–Trinajstić information content (AvgIpc) is 2.67. The lowest BCUT2D eigenvalue weighted by Crippen LogP contribution is -2.58. The molecule has 3 rings (SSSR count). The number of likely N-dealkylation sites (tertiary alicyclic amines) is 1. The first-order chi connectivity index (χ1) is 12.6. The van der Waals surface area contributed by atoms with Crippen molar-refractivity contribution in [2.75, 3.05) is 39.3 Å². The second-order valence-electron chi connectivity index (χ2n) is 7.88. The SMILES string of the molecule is O=C(CC1CCCCC1)NCC(=O)N1CCCC(N2CCNCC2=O)C1. The molecule has 146 valence electrons. The predicted octanol–water partition coefficient (Wildman–Crippen LogP) is 0.496. The summed E-state index contributed by atoms with van der Waals surface area (Å²) >= 11 is 0. The maximum atomic E-state index is 12.5. The molecule has 1 saturated carbocycles. The largest absolute Gasteiger partial charge is 0.347 e. The van der Waals surface area contributed by atoms with Crippen LogP contribution in [0.4, 0.5) is 0 Å². The Bertz CT molecular complexity index is 519. The Hall–Kier alpha value is -1.63. The van der Waals surface area contributed by atoms with E-state index in [1.807, 2.05) is 9.80 Å². The van der Waals surface area contributed by atoms with Crippen molar-refractivity contribution in [3.05, 3.63) is 0 Å². The fraction of sp³-hybridized carbons (Fsp3) is 0.842. The zero-order valence-electron chi connectivity index (χ0n) is 15.7. The first-order valence-electron chi connectivity index (χ1n) is 10.2. The Morgan fingerprint density at radius 1 is 1.08 bits per heavy atom. The maximum Gasteiger partial charge on any atom is 0.242 e. The number of rotatable bonds is 5. The minimum absolute atomic E-state index is 0.00362. The van der Waals surface area contributed by atoms with Crippen LogP contribution >= 0.6 is 0 Å². The second-order valence-corrected chi connectivity index (χ2v) is 7.88. The molecule has 0 aromatic rings. The molecule has 1 atom stereocenters. The van der Waals surface area contributed by atoms with Crippen LogP contribution in [0.1, 0.15) is 51.4 Å². The number of nitrogens with one attached hydrogen (secondary N) is 2. The van der Waals surface area contributed by atoms with Crippen LogP contribution in [-0.4, -0.2) is 72.8 Å². The lowest BCUT2D eigenvalue weighted by Gasteiger charge is -2.41. The number of carbonyl (C=O) groups is 3. The van der Waals surface area contributed by atoms with E-state index in [-0.39, 0.29) is 30.3 Å². The van der Waals surface area contributed by atoms with Crippen LogP contribution < -0.4 is 10.6 Å². The van der Waals surface area contributed by atoms with Crippen molar-refractivity contribution in [3.8, 4) is 0 Å². The monoisotopic (exact) mass is 364 g/mol. The molecule has 2 heterocycles. The maximum absolute atomic E-state index is 12.5. The predicted molar refractivity (Wildman–Crippen MR) is 98.4 cm³/mol. The van der Waals surface area contributed by atoms with Gasteiger partial charge in [0.25, 0.3) is 0 Å². The first-order valence-corrected chi connectivity index (χ1v) is 10.2. The van der Waals surface area contributed by atoms with Crippen molar-refractivity contribution in [2.24, 2.45) is 5.92 Å². The molecule has 0 radical (unpaired) electrons. The lowest BCUT2D eigenvalue weighted by atomic mass is 9.87. The molecule has 2 saturated heterocycles. The molecule has 3 fully saturated rings. The van der Waals surface area contributed by atoms with Crippen LogP contribution in [-0.2, 0) is 14.4 Å². The van der Waals surface area contributed by atoms with Crippen molar-refractivity contribution >= 4 is 17.7 Å². The Morgan fingerprint density at radius 3 is 2.65 bits per heavy atom. The Morgan fingerprint density at radius 2 is 1.88 bits per heavy atom. The van der Waals surface area contributed by atoms with E-state index in [0.29, 0.717) is 38.5 Å². The molecule has 1 unspecified atom stereocenters. The summed E-state index contributed by atoms with van der Waals surface area (Å²) in [6.45, 7) is 3.30. The molecule has 2 N–H and O–H groups in total. The van der Waals surface area contributed by atoms with Crippen molar-refractivity contribution in [2.45, 2.75) is 57.4 Å². The average molecular weight is 364 g/mol. The molecule has 3 aliphatic rings. The van der Waals surface area contributed by atoms with Crippen molar-refractivity contribution in [3.63, 3.8) is 0 Å². The van der Waals surface area contributed by atoms with E-state index in [1.54, 1.807) is 0 Å². The van der Waals surface area contributed by atoms with Gasteiger partial charge < -0.3 is 20.4 Å². The van der Waals surface area contributed by atoms with E-state index in [2.05, 4.69) is 10.6 Å². The quantitative estimate of drug-likeness (QED) is 0.744. The Kier molecular flexibility index (Phi) is 6.88. The molecule has 0 bridgehead atoms. The van der Waals surface area contributed by atoms with E-state index in [1.165, 1.54) is 19.3 Å². The molecule has 0 spiro atoms. The van der Waals surface area contributed by atoms with E-state index in [9.17, 15) is 14.4 Å². The highest BCUT2D eigenvalue weighted by Gasteiger charge is 2.31. The third-order valence-electron chi connectivity index (χ3n) is 5.95. The summed E-state index contributed by atoms with van der Waals surface area (Å²) in [5.41, 5.74) is 0. The number of hydrogen-bond acceptors (Lipinski definition) is 4. The van der Waals surface area contributed by atoms with E-state index < -0.39 is 0 Å². The molecule has 7 heteroatoms. The van der Waals surface area contributed by atoms with Gasteiger partial charge in [-0.25, -0.2) is 0 Å². The molecule has 0 aromatic carbocycles. The molecule has 1 aliphatic carbocycles. The van der Waals surface area contributed by atoms with Gasteiger partial charge in [0.2, 0.25) is 17.7 Å². The number of piperazine rings is 1. The molecular formula is C19H32N4O3. The van der Waals surface area contributed by atoms with Gasteiger partial charge in [0.1, 0.15) is 0 Å². The van der Waals surface area contributed by atoms with Crippen LogP contribution in [0.3, 0.4) is 0 Å². The van der Waals surface area contributed by atoms with Crippen molar-refractivity contribution in [1.29, 1.82) is 0 Å². The first kappa shape index (κ1) is 19.1. The van der Waals surface area contributed by atoms with E-state index in [0.717, 1.165) is 32.2 Å². The van der Waals surface area contributed by atoms with Crippen LogP contribution in [0.15, 0.2) is 0 Å². The van der Waals surface area contributed by atoms with Gasteiger partial charge in [-0.3, -0.25) is 14.4 Å². The fourth-order valence-electron chi connectivity index (χ4n) is 4.45. The number of piperidine rings is 1. The summed E-state index contributed by atoms with van der Waals surface area (Å²) in [4.78, 5) is 40.4. The van der Waals surface area contributed by atoms with Crippen LogP contribution in [0.25, 0.3) is 0 Å². The van der Waals surface area contributed by atoms with Gasteiger partial charge in [-0.15, -0.1) is 0 Å². The zero-order chi connectivity index (χ0) is 18.4. The number of carbonyl (C=O) groups excluding carboxylic acids is 3. The normalized spacial score (nSPS) is 25.2. The smallest absolute Gasteiger partial charge is 0.242 e. The molecule has 0 aromatic heterocycles. The highest BCUT2D eigenvalue weighted by Crippen LogP contribution is 2.26. The van der Waals surface area contributed by atoms with Gasteiger partial charge in [-0.05, 0) is 31.6 Å². The summed E-state index contributed by atoms with van der Waals surface area (Å²) in [6, 6.07) is 0.111. The van der Waals surface area contributed by atoms with E-state index in [4.69, 9.17) is 0 Å². The number of hydrogen-bond donors (Lipinski definition) is 2. The third-order valence-corrected chi connectivity index (χ3v) is 5.95. The fourth-order valence-corrected chi connectivity index (χ4v) is 4.45. The van der Waals surface area contributed by atoms with Gasteiger partial charge in [-0.2, -0.15) is 0 Å². The standard InChI is InChI=1S/C19H32N4O3/c24-17(11-15-5-2-1-3-6-15)21-13-18(25)22-9-4-7-16(14-22)23-10-8-20-12-19(23)26/h15-16,20H,1-14H2,(H,21,24). The topological polar surface area (TPSA) is 81.8 Å². The molecule has 3 amide bonds. The summed E-state index contributed by atoms with van der Waals surface area (Å²) in [7, 11) is 0. The minimum Gasteiger partial charge on any atom is -0.347 e. The van der Waals surface area contributed by atoms with Crippen LogP contribution in [0.5, 0.6) is 0 Å². The summed E-state index contributed by atoms with van der Waals surface area (Å²) in [5, 5.41) is 5.89. The summed E-state index contributed by atoms with van der Waals surface area (Å²) < 4.78 is 0. The zero-order valence-corrected chi connectivity index (χ0v) is 15.7. The van der Waals surface area contributed by atoms with Crippen molar-refractivity contribution < 1.29 is 14.4 Å². The van der Waals surface area contributed by atoms with Gasteiger partial charge in [0, 0.05) is 38.6 Å². The second kappa shape index (κ2) is 9.35. The van der Waals surface area contributed by atoms with Gasteiger partial charge in [0.15, 0.2) is 0 Å². The summed E-state index contributed by atoms with van der Waals surface area (Å²) in [6.07, 6.45) is 8.38. The highest BCUT2D eigenvalue weighted by molar-refractivity contribution is 5.85. The molecule has 26 heavy (non-hydrogen) atoms. The lowest BCUT2D eigenvalue weighted by molar-refractivity contribution is -0.140. The number of nitrogens with zero attached hydrogens (tertiary/aromatic N) is 2. The van der Waals surface area contributed by atoms with Gasteiger partial charge in [-0.1, -0.05) is 19.3 Å². The number of amides is 3. The minimum atomic E-state index is -0.0331. The summed E-state index contributed by atoms with van der Waals surface area (Å²) in [5.74, 6) is 0.568. The third kappa shape index (κ3) is 5.19. The molecule has 2 aliphatic heterocycles.